The van der Waals surface area contributed by atoms with Crippen LogP contribution < -0.4 is 5.32 Å². The molecule has 0 unspecified atom stereocenters. The van der Waals surface area contributed by atoms with Crippen LogP contribution in [0.2, 0.25) is 5.02 Å². The number of carbonyl (C=O) groups is 1. The molecule has 110 valence electrons. The van der Waals surface area contributed by atoms with Crippen molar-refractivity contribution in [1.82, 2.24) is 14.8 Å². The van der Waals surface area contributed by atoms with Gasteiger partial charge in [0.25, 0.3) is 5.91 Å². The number of carbonyl (C=O) groups excluding carboxylic acids is 1. The van der Waals surface area contributed by atoms with Crippen molar-refractivity contribution >= 4 is 23.3 Å². The fourth-order valence-electron chi connectivity index (χ4n) is 2.35. The van der Waals surface area contributed by atoms with E-state index in [1.54, 1.807) is 13.1 Å². The number of nitrogens with one attached hydrogen (secondary N) is 1. The predicted octanol–water partition coefficient (Wildman–Crippen LogP) is 1.94. The summed E-state index contributed by atoms with van der Waals surface area (Å²) < 4.78 is 0. The van der Waals surface area contributed by atoms with Gasteiger partial charge < -0.3 is 10.2 Å². The van der Waals surface area contributed by atoms with Gasteiger partial charge in [-0.05, 0) is 19.9 Å². The third-order valence-corrected chi connectivity index (χ3v) is 3.97. The van der Waals surface area contributed by atoms with Crippen LogP contribution in [0.4, 0.5) is 5.82 Å². The van der Waals surface area contributed by atoms with Crippen LogP contribution in [0.1, 0.15) is 24.2 Å². The second-order valence-corrected chi connectivity index (χ2v) is 5.63. The van der Waals surface area contributed by atoms with E-state index in [0.717, 1.165) is 26.2 Å². The van der Waals surface area contributed by atoms with E-state index >= 15 is 0 Å². The van der Waals surface area contributed by atoms with Gasteiger partial charge in [-0.2, -0.15) is 0 Å². The molecule has 0 radical (unpaired) electrons. The summed E-state index contributed by atoms with van der Waals surface area (Å²) in [7, 11) is 1.77. The zero-order chi connectivity index (χ0) is 14.7. The molecule has 1 fully saturated rings. The summed E-state index contributed by atoms with van der Waals surface area (Å²) in [6.45, 7) is 7.65. The molecule has 0 bridgehead atoms. The Balaban J connectivity index is 2.09. The maximum Gasteiger partial charge on any atom is 0.255 e. The van der Waals surface area contributed by atoms with Gasteiger partial charge in [0.1, 0.15) is 5.82 Å². The molecule has 1 amide bonds. The van der Waals surface area contributed by atoms with Crippen LogP contribution in [-0.4, -0.2) is 60.0 Å². The van der Waals surface area contributed by atoms with Crippen molar-refractivity contribution in [3.8, 4) is 0 Å². The maximum absolute atomic E-state index is 12.5. The lowest BCUT2D eigenvalue weighted by Crippen LogP contribution is -2.50. The number of hydrogen-bond donors (Lipinski definition) is 1. The van der Waals surface area contributed by atoms with E-state index in [2.05, 4.69) is 29.0 Å². The molecule has 2 heterocycles. The Morgan fingerprint density at radius 2 is 2.00 bits per heavy atom. The highest BCUT2D eigenvalue weighted by Crippen LogP contribution is 2.20. The molecule has 1 N–H and O–H groups in total. The molecular formula is C14H21ClN4O. The average Bonchev–Trinajstić information content (AvgIpc) is 2.47. The summed E-state index contributed by atoms with van der Waals surface area (Å²) in [6, 6.07) is 2.23. The lowest BCUT2D eigenvalue weighted by molar-refractivity contribution is 0.0595. The Labute approximate surface area is 124 Å². The van der Waals surface area contributed by atoms with E-state index in [1.165, 1.54) is 6.20 Å². The second-order valence-electron chi connectivity index (χ2n) is 5.22. The van der Waals surface area contributed by atoms with Crippen molar-refractivity contribution in [2.75, 3.05) is 38.5 Å². The fourth-order valence-corrected chi connectivity index (χ4v) is 2.54. The Hall–Kier alpha value is -1.33. The van der Waals surface area contributed by atoms with Crippen molar-refractivity contribution in [3.05, 3.63) is 22.8 Å². The Kier molecular flexibility index (Phi) is 4.83. The van der Waals surface area contributed by atoms with Gasteiger partial charge in [-0.25, -0.2) is 4.98 Å². The van der Waals surface area contributed by atoms with E-state index < -0.39 is 0 Å². The number of nitrogens with zero attached hydrogens (tertiary/aromatic N) is 3. The molecule has 1 saturated heterocycles. The first-order valence-electron chi connectivity index (χ1n) is 6.89. The van der Waals surface area contributed by atoms with Gasteiger partial charge in [-0.1, -0.05) is 11.6 Å². The van der Waals surface area contributed by atoms with Crippen LogP contribution in [0.5, 0.6) is 0 Å². The van der Waals surface area contributed by atoms with Crippen LogP contribution >= 0.6 is 11.6 Å². The number of rotatable bonds is 3. The molecular weight excluding hydrogens is 276 g/mol. The summed E-state index contributed by atoms with van der Waals surface area (Å²) in [4.78, 5) is 20.9. The van der Waals surface area contributed by atoms with Crippen LogP contribution in [0.3, 0.4) is 0 Å². The summed E-state index contributed by atoms with van der Waals surface area (Å²) in [5, 5.41) is 3.33. The highest BCUT2D eigenvalue weighted by atomic mass is 35.5. The van der Waals surface area contributed by atoms with Crippen molar-refractivity contribution in [2.24, 2.45) is 0 Å². The van der Waals surface area contributed by atoms with E-state index in [0.29, 0.717) is 22.4 Å². The number of amides is 1. The molecule has 1 aliphatic rings. The first-order valence-corrected chi connectivity index (χ1v) is 7.27. The quantitative estimate of drug-likeness (QED) is 0.926. The number of halogens is 1. The zero-order valence-electron chi connectivity index (χ0n) is 12.2. The minimum Gasteiger partial charge on any atom is -0.373 e. The third-order valence-electron chi connectivity index (χ3n) is 3.67. The number of pyridine rings is 1. The molecule has 1 aliphatic heterocycles. The van der Waals surface area contributed by atoms with Crippen LogP contribution in [0.25, 0.3) is 0 Å². The van der Waals surface area contributed by atoms with Gasteiger partial charge in [-0.3, -0.25) is 9.69 Å². The minimum absolute atomic E-state index is 0.0164. The summed E-state index contributed by atoms with van der Waals surface area (Å²) >= 11 is 6.10. The normalized spacial score (nSPS) is 16.6. The molecule has 0 aromatic carbocycles. The third kappa shape index (κ3) is 3.22. The lowest BCUT2D eigenvalue weighted by Gasteiger charge is -2.37. The van der Waals surface area contributed by atoms with E-state index in [9.17, 15) is 4.79 Å². The second kappa shape index (κ2) is 6.41. The van der Waals surface area contributed by atoms with E-state index in [-0.39, 0.29) is 5.91 Å². The van der Waals surface area contributed by atoms with E-state index in [4.69, 9.17) is 11.6 Å². The van der Waals surface area contributed by atoms with Crippen molar-refractivity contribution in [3.63, 3.8) is 0 Å². The Morgan fingerprint density at radius 1 is 1.35 bits per heavy atom. The summed E-state index contributed by atoms with van der Waals surface area (Å²) in [5.74, 6) is 0.635. The van der Waals surface area contributed by atoms with Gasteiger partial charge in [0, 0.05) is 45.5 Å². The summed E-state index contributed by atoms with van der Waals surface area (Å²) in [5.41, 5.74) is 0.518. The molecule has 5 nitrogen and oxygen atoms in total. The van der Waals surface area contributed by atoms with Gasteiger partial charge in [0.2, 0.25) is 0 Å². The smallest absolute Gasteiger partial charge is 0.255 e. The monoisotopic (exact) mass is 296 g/mol. The van der Waals surface area contributed by atoms with Crippen molar-refractivity contribution in [1.29, 1.82) is 0 Å². The van der Waals surface area contributed by atoms with Gasteiger partial charge in [0.05, 0.1) is 10.6 Å². The molecule has 0 aliphatic carbocycles. The SMILES string of the molecule is CNc1cc(C(=O)N2CCN(C(C)C)CC2)c(Cl)cn1. The topological polar surface area (TPSA) is 48.5 Å². The fraction of sp³-hybridized carbons (Fsp3) is 0.571. The first-order chi connectivity index (χ1) is 9.52. The highest BCUT2D eigenvalue weighted by Gasteiger charge is 2.24. The number of hydrogen-bond acceptors (Lipinski definition) is 4. The molecule has 0 spiro atoms. The molecule has 0 saturated carbocycles. The maximum atomic E-state index is 12.5. The van der Waals surface area contributed by atoms with E-state index in [1.807, 2.05) is 4.90 Å². The molecule has 20 heavy (non-hydrogen) atoms. The number of aromatic nitrogens is 1. The van der Waals surface area contributed by atoms with Crippen LogP contribution in [0, 0.1) is 0 Å². The largest absolute Gasteiger partial charge is 0.373 e. The highest BCUT2D eigenvalue weighted by molar-refractivity contribution is 6.33. The number of anilines is 1. The Morgan fingerprint density at radius 3 is 2.55 bits per heavy atom. The minimum atomic E-state index is -0.0164. The lowest BCUT2D eigenvalue weighted by atomic mass is 10.2. The van der Waals surface area contributed by atoms with Gasteiger partial charge in [0.15, 0.2) is 0 Å². The molecule has 6 heteroatoms. The first kappa shape index (κ1) is 15.1. The Bertz CT molecular complexity index is 484. The van der Waals surface area contributed by atoms with Gasteiger partial charge in [-0.15, -0.1) is 0 Å². The molecule has 2 rings (SSSR count). The van der Waals surface area contributed by atoms with Gasteiger partial charge >= 0.3 is 0 Å². The zero-order valence-corrected chi connectivity index (χ0v) is 12.9. The van der Waals surface area contributed by atoms with Crippen LogP contribution in [-0.2, 0) is 0 Å². The van der Waals surface area contributed by atoms with Crippen molar-refractivity contribution in [2.45, 2.75) is 19.9 Å². The molecule has 0 atom stereocenters. The average molecular weight is 297 g/mol. The summed E-state index contributed by atoms with van der Waals surface area (Å²) in [6.07, 6.45) is 1.52. The van der Waals surface area contributed by atoms with Crippen molar-refractivity contribution < 1.29 is 4.79 Å². The standard InChI is InChI=1S/C14H21ClN4O/c1-10(2)18-4-6-19(7-5-18)14(20)11-8-13(16-3)17-9-12(11)15/h8-10H,4-7H2,1-3H3,(H,16,17). The molecule has 1 aromatic rings. The predicted molar refractivity (Wildman–Crippen MR) is 81.4 cm³/mol. The van der Waals surface area contributed by atoms with Crippen LogP contribution in [0.15, 0.2) is 12.3 Å². The molecule has 1 aromatic heterocycles. The number of piperazine rings is 1.